The van der Waals surface area contributed by atoms with Gasteiger partial charge in [0, 0.05) is 3.57 Å². The van der Waals surface area contributed by atoms with Gasteiger partial charge in [0.25, 0.3) is 5.91 Å². The van der Waals surface area contributed by atoms with Gasteiger partial charge in [-0.15, -0.1) is 0 Å². The summed E-state index contributed by atoms with van der Waals surface area (Å²) in [6.45, 7) is 4.87. The molecule has 0 fully saturated rings. The second kappa shape index (κ2) is 5.67. The molecule has 3 rings (SSSR count). The normalized spacial score (nSPS) is 13.9. The second-order valence-electron chi connectivity index (χ2n) is 5.25. The molecule has 1 aliphatic heterocycles. The van der Waals surface area contributed by atoms with Crippen molar-refractivity contribution in [2.45, 2.75) is 20.4 Å². The first-order valence-electron chi connectivity index (χ1n) is 6.84. The first-order chi connectivity index (χ1) is 10.1. The zero-order valence-electron chi connectivity index (χ0n) is 12.0. The lowest BCUT2D eigenvalue weighted by Crippen LogP contribution is -2.38. The molecular formula is C17H16INO2. The highest BCUT2D eigenvalue weighted by Crippen LogP contribution is 2.35. The van der Waals surface area contributed by atoms with Crippen LogP contribution in [0.15, 0.2) is 36.4 Å². The predicted octanol–water partition coefficient (Wildman–Crippen LogP) is 3.83. The highest BCUT2D eigenvalue weighted by atomic mass is 127. The number of ether oxygens (including phenoxy) is 1. The van der Waals surface area contributed by atoms with Crippen LogP contribution in [0.4, 0.5) is 5.69 Å². The van der Waals surface area contributed by atoms with Gasteiger partial charge in [0.1, 0.15) is 5.75 Å². The second-order valence-corrected chi connectivity index (χ2v) is 6.50. The Morgan fingerprint density at radius 3 is 2.62 bits per heavy atom. The SMILES string of the molecule is Cc1cccc(C)c1CN1C(=O)COc2ccc(I)cc21. The Kier molecular flexibility index (Phi) is 3.89. The summed E-state index contributed by atoms with van der Waals surface area (Å²) in [6.07, 6.45) is 0. The van der Waals surface area contributed by atoms with E-state index in [9.17, 15) is 4.79 Å². The average Bonchev–Trinajstić information content (AvgIpc) is 2.45. The molecule has 108 valence electrons. The Balaban J connectivity index is 2.03. The monoisotopic (exact) mass is 393 g/mol. The van der Waals surface area contributed by atoms with E-state index in [-0.39, 0.29) is 12.5 Å². The highest BCUT2D eigenvalue weighted by Gasteiger charge is 2.26. The molecule has 0 saturated carbocycles. The van der Waals surface area contributed by atoms with Crippen molar-refractivity contribution in [1.82, 2.24) is 0 Å². The van der Waals surface area contributed by atoms with Gasteiger partial charge in [-0.3, -0.25) is 4.79 Å². The summed E-state index contributed by atoms with van der Waals surface area (Å²) in [7, 11) is 0. The number of hydrogen-bond acceptors (Lipinski definition) is 2. The van der Waals surface area contributed by atoms with Crippen molar-refractivity contribution in [3.8, 4) is 5.75 Å². The van der Waals surface area contributed by atoms with Gasteiger partial charge < -0.3 is 9.64 Å². The molecular weight excluding hydrogens is 377 g/mol. The van der Waals surface area contributed by atoms with Crippen LogP contribution in [0.3, 0.4) is 0 Å². The Bertz CT molecular complexity index is 692. The third-order valence-electron chi connectivity index (χ3n) is 3.82. The summed E-state index contributed by atoms with van der Waals surface area (Å²) in [5, 5.41) is 0. The van der Waals surface area contributed by atoms with Crippen LogP contribution in [-0.2, 0) is 11.3 Å². The zero-order chi connectivity index (χ0) is 15.0. The number of carbonyl (C=O) groups is 1. The van der Waals surface area contributed by atoms with Gasteiger partial charge in [-0.25, -0.2) is 0 Å². The number of anilines is 1. The number of fused-ring (bicyclic) bond motifs is 1. The molecule has 1 heterocycles. The van der Waals surface area contributed by atoms with Gasteiger partial charge in [-0.05, 0) is 71.3 Å². The van der Waals surface area contributed by atoms with Gasteiger partial charge in [0.15, 0.2) is 6.61 Å². The van der Waals surface area contributed by atoms with Crippen LogP contribution in [0.5, 0.6) is 5.75 Å². The molecule has 0 radical (unpaired) electrons. The average molecular weight is 393 g/mol. The van der Waals surface area contributed by atoms with E-state index in [2.05, 4.69) is 48.6 Å². The first kappa shape index (κ1) is 14.4. The van der Waals surface area contributed by atoms with Crippen molar-refractivity contribution < 1.29 is 9.53 Å². The number of halogens is 1. The first-order valence-corrected chi connectivity index (χ1v) is 7.92. The number of benzene rings is 2. The van der Waals surface area contributed by atoms with Crippen molar-refractivity contribution in [1.29, 1.82) is 0 Å². The summed E-state index contributed by atoms with van der Waals surface area (Å²) in [5.74, 6) is 0.786. The van der Waals surface area contributed by atoms with E-state index in [0.29, 0.717) is 6.54 Å². The molecule has 3 nitrogen and oxygen atoms in total. The van der Waals surface area contributed by atoms with Crippen molar-refractivity contribution in [3.63, 3.8) is 0 Å². The summed E-state index contributed by atoms with van der Waals surface area (Å²) in [6, 6.07) is 12.1. The molecule has 1 aliphatic rings. The third-order valence-corrected chi connectivity index (χ3v) is 4.50. The van der Waals surface area contributed by atoms with Gasteiger partial charge in [-0.2, -0.15) is 0 Å². The van der Waals surface area contributed by atoms with Crippen molar-refractivity contribution >= 4 is 34.2 Å². The summed E-state index contributed by atoms with van der Waals surface area (Å²) in [5.41, 5.74) is 4.49. The van der Waals surface area contributed by atoms with Crippen LogP contribution < -0.4 is 9.64 Å². The number of nitrogens with zero attached hydrogens (tertiary/aromatic N) is 1. The molecule has 1 amide bonds. The van der Waals surface area contributed by atoms with Crippen molar-refractivity contribution in [3.05, 3.63) is 56.7 Å². The van der Waals surface area contributed by atoms with Crippen LogP contribution in [0.1, 0.15) is 16.7 Å². The topological polar surface area (TPSA) is 29.5 Å². The van der Waals surface area contributed by atoms with Crippen molar-refractivity contribution in [2.75, 3.05) is 11.5 Å². The van der Waals surface area contributed by atoms with Crippen LogP contribution in [0.25, 0.3) is 0 Å². The fourth-order valence-corrected chi connectivity index (χ4v) is 3.08. The van der Waals surface area contributed by atoms with E-state index < -0.39 is 0 Å². The molecule has 0 aromatic heterocycles. The Morgan fingerprint density at radius 1 is 1.19 bits per heavy atom. The van der Waals surface area contributed by atoms with E-state index in [1.807, 2.05) is 29.2 Å². The van der Waals surface area contributed by atoms with Crippen molar-refractivity contribution in [2.24, 2.45) is 0 Å². The van der Waals surface area contributed by atoms with E-state index in [1.54, 1.807) is 0 Å². The fraction of sp³-hybridized carbons (Fsp3) is 0.235. The maximum atomic E-state index is 12.3. The lowest BCUT2D eigenvalue weighted by Gasteiger charge is -2.30. The van der Waals surface area contributed by atoms with Crippen LogP contribution in [0.2, 0.25) is 0 Å². The molecule has 0 aliphatic carbocycles. The standard InChI is InChI=1S/C17H16INO2/c1-11-4-3-5-12(2)14(11)9-19-15-8-13(18)6-7-16(15)21-10-17(19)20/h3-8H,9-10H2,1-2H3. The predicted molar refractivity (Wildman–Crippen MR) is 91.8 cm³/mol. The van der Waals surface area contributed by atoms with Crippen LogP contribution in [0, 0.1) is 17.4 Å². The van der Waals surface area contributed by atoms with E-state index >= 15 is 0 Å². The van der Waals surface area contributed by atoms with Gasteiger partial charge >= 0.3 is 0 Å². The molecule has 0 unspecified atom stereocenters. The summed E-state index contributed by atoms with van der Waals surface area (Å²) < 4.78 is 6.62. The Morgan fingerprint density at radius 2 is 1.90 bits per heavy atom. The minimum absolute atomic E-state index is 0.00662. The van der Waals surface area contributed by atoms with E-state index in [0.717, 1.165) is 15.0 Å². The molecule has 2 aromatic carbocycles. The fourth-order valence-electron chi connectivity index (χ4n) is 2.61. The largest absolute Gasteiger partial charge is 0.482 e. The number of rotatable bonds is 2. The summed E-state index contributed by atoms with van der Waals surface area (Å²) >= 11 is 2.25. The molecule has 21 heavy (non-hydrogen) atoms. The molecule has 2 aromatic rings. The highest BCUT2D eigenvalue weighted by molar-refractivity contribution is 14.1. The maximum absolute atomic E-state index is 12.3. The molecule has 0 atom stereocenters. The van der Waals surface area contributed by atoms with Gasteiger partial charge in [0.05, 0.1) is 12.2 Å². The maximum Gasteiger partial charge on any atom is 0.265 e. The number of amides is 1. The van der Waals surface area contributed by atoms with E-state index in [4.69, 9.17) is 4.74 Å². The van der Waals surface area contributed by atoms with E-state index in [1.165, 1.54) is 16.7 Å². The minimum Gasteiger partial charge on any atom is -0.482 e. The Hall–Kier alpha value is -1.56. The Labute approximate surface area is 138 Å². The van der Waals surface area contributed by atoms with Crippen LogP contribution in [-0.4, -0.2) is 12.5 Å². The number of carbonyl (C=O) groups excluding carboxylic acids is 1. The third kappa shape index (κ3) is 2.77. The lowest BCUT2D eigenvalue weighted by atomic mass is 10.0. The van der Waals surface area contributed by atoms with Crippen LogP contribution >= 0.6 is 22.6 Å². The molecule has 0 N–H and O–H groups in total. The smallest absolute Gasteiger partial charge is 0.265 e. The quantitative estimate of drug-likeness (QED) is 0.726. The van der Waals surface area contributed by atoms with Gasteiger partial charge in [-0.1, -0.05) is 18.2 Å². The molecule has 4 heteroatoms. The molecule has 0 bridgehead atoms. The molecule has 0 spiro atoms. The number of hydrogen-bond donors (Lipinski definition) is 0. The minimum atomic E-state index is 0.00662. The molecule has 0 saturated heterocycles. The summed E-state index contributed by atoms with van der Waals surface area (Å²) in [4.78, 5) is 14.1. The van der Waals surface area contributed by atoms with Gasteiger partial charge in [0.2, 0.25) is 0 Å². The lowest BCUT2D eigenvalue weighted by molar-refractivity contribution is -0.121. The number of aryl methyl sites for hydroxylation is 2. The zero-order valence-corrected chi connectivity index (χ0v) is 14.2.